The van der Waals surface area contributed by atoms with Gasteiger partial charge in [0.05, 0.1) is 17.1 Å². The molecule has 0 amide bonds. The number of nitrogens with zero attached hydrogens (tertiary/aromatic N) is 1. The molecule has 0 saturated carbocycles. The van der Waals surface area contributed by atoms with E-state index in [4.69, 9.17) is 0 Å². The van der Waals surface area contributed by atoms with Crippen LogP contribution in [0.25, 0.3) is 0 Å². The molecule has 0 radical (unpaired) electrons. The van der Waals surface area contributed by atoms with E-state index >= 15 is 0 Å². The van der Waals surface area contributed by atoms with Gasteiger partial charge in [-0.3, -0.25) is 4.79 Å². The number of Topliss-reactive ketones (excluding diaryl/α,β-unsaturated/α-hetero) is 1. The van der Waals surface area contributed by atoms with E-state index < -0.39 is 0 Å². The smallest absolute Gasteiger partial charge is 0.168 e. The number of halogens is 1. The van der Waals surface area contributed by atoms with Crippen molar-refractivity contribution in [2.75, 3.05) is 0 Å². The van der Waals surface area contributed by atoms with Gasteiger partial charge in [-0.05, 0) is 41.6 Å². The highest BCUT2D eigenvalue weighted by Crippen LogP contribution is 2.13. The van der Waals surface area contributed by atoms with E-state index in [-0.39, 0.29) is 5.78 Å². The molecule has 0 unspecified atom stereocenters. The van der Waals surface area contributed by atoms with Crippen molar-refractivity contribution in [3.8, 4) is 0 Å². The fourth-order valence-corrected chi connectivity index (χ4v) is 2.57. The molecule has 2 rings (SSSR count). The Balaban J connectivity index is 2.14. The average molecular weight is 343 g/mol. The van der Waals surface area contributed by atoms with Crippen LogP contribution < -0.4 is 0 Å². The second kappa shape index (κ2) is 5.05. The minimum Gasteiger partial charge on any atom is -0.294 e. The summed E-state index contributed by atoms with van der Waals surface area (Å²) in [5.74, 6) is 0.129. The number of thiazole rings is 1. The third kappa shape index (κ3) is 2.89. The fourth-order valence-electron chi connectivity index (χ4n) is 1.42. The lowest BCUT2D eigenvalue weighted by Crippen LogP contribution is -2.03. The summed E-state index contributed by atoms with van der Waals surface area (Å²) in [6.07, 6.45) is 0.393. The summed E-state index contributed by atoms with van der Waals surface area (Å²) in [4.78, 5) is 16.2. The first-order valence-electron chi connectivity index (χ1n) is 4.85. The molecule has 1 heterocycles. The zero-order valence-corrected chi connectivity index (χ0v) is 11.7. The molecule has 1 aromatic carbocycles. The Bertz CT molecular complexity index is 521. The zero-order valence-electron chi connectivity index (χ0n) is 8.74. The van der Waals surface area contributed by atoms with Gasteiger partial charge < -0.3 is 0 Å². The standard InChI is InChI=1S/C12H10INOS/c1-8-14-11(7-16-8)6-12(15)9-3-2-4-10(13)5-9/h2-5,7H,6H2,1H3. The van der Waals surface area contributed by atoms with Gasteiger partial charge in [0.2, 0.25) is 0 Å². The van der Waals surface area contributed by atoms with Crippen molar-refractivity contribution in [3.05, 3.63) is 49.5 Å². The van der Waals surface area contributed by atoms with Crippen LogP contribution in [0.5, 0.6) is 0 Å². The van der Waals surface area contributed by atoms with Gasteiger partial charge in [0, 0.05) is 14.5 Å². The summed E-state index contributed by atoms with van der Waals surface area (Å²) >= 11 is 3.79. The number of benzene rings is 1. The van der Waals surface area contributed by atoms with E-state index in [9.17, 15) is 4.79 Å². The fraction of sp³-hybridized carbons (Fsp3) is 0.167. The van der Waals surface area contributed by atoms with Crippen LogP contribution in [0.2, 0.25) is 0 Å². The van der Waals surface area contributed by atoms with Gasteiger partial charge in [-0.2, -0.15) is 0 Å². The van der Waals surface area contributed by atoms with E-state index in [0.717, 1.165) is 19.8 Å². The highest BCUT2D eigenvalue weighted by atomic mass is 127. The maximum absolute atomic E-state index is 11.9. The van der Waals surface area contributed by atoms with Gasteiger partial charge in [0.25, 0.3) is 0 Å². The molecule has 0 aliphatic carbocycles. The largest absolute Gasteiger partial charge is 0.294 e. The molecule has 2 aromatic rings. The molecule has 2 nitrogen and oxygen atoms in total. The summed E-state index contributed by atoms with van der Waals surface area (Å²) < 4.78 is 1.08. The van der Waals surface area contributed by atoms with Crippen molar-refractivity contribution >= 4 is 39.7 Å². The average Bonchev–Trinajstić information content (AvgIpc) is 2.64. The summed E-state index contributed by atoms with van der Waals surface area (Å²) in [6.45, 7) is 1.95. The van der Waals surface area contributed by atoms with Crippen LogP contribution in [0.1, 0.15) is 21.1 Å². The van der Waals surface area contributed by atoms with E-state index in [0.29, 0.717) is 6.42 Å². The second-order valence-corrected chi connectivity index (χ2v) is 5.78. The van der Waals surface area contributed by atoms with Crippen molar-refractivity contribution in [3.63, 3.8) is 0 Å². The van der Waals surface area contributed by atoms with E-state index in [1.165, 1.54) is 0 Å². The highest BCUT2D eigenvalue weighted by Gasteiger charge is 2.09. The van der Waals surface area contributed by atoms with Crippen LogP contribution in [0, 0.1) is 10.5 Å². The van der Waals surface area contributed by atoms with Gasteiger partial charge >= 0.3 is 0 Å². The zero-order chi connectivity index (χ0) is 11.5. The highest BCUT2D eigenvalue weighted by molar-refractivity contribution is 14.1. The number of hydrogen-bond donors (Lipinski definition) is 0. The molecule has 0 atom stereocenters. The summed E-state index contributed by atoms with van der Waals surface area (Å²) in [5, 5.41) is 2.95. The SMILES string of the molecule is Cc1nc(CC(=O)c2cccc(I)c2)cs1. The summed E-state index contributed by atoms with van der Waals surface area (Å²) in [7, 11) is 0. The van der Waals surface area contributed by atoms with Crippen molar-refractivity contribution in [2.45, 2.75) is 13.3 Å². The van der Waals surface area contributed by atoms with E-state index in [1.807, 2.05) is 36.6 Å². The van der Waals surface area contributed by atoms with Crippen LogP contribution in [-0.4, -0.2) is 10.8 Å². The topological polar surface area (TPSA) is 30.0 Å². The predicted octanol–water partition coefficient (Wildman–Crippen LogP) is 3.48. The quantitative estimate of drug-likeness (QED) is 0.631. The molecule has 0 aliphatic heterocycles. The molecule has 0 spiro atoms. The van der Waals surface area contributed by atoms with Crippen LogP contribution in [0.15, 0.2) is 29.6 Å². The maximum atomic E-state index is 11.9. The van der Waals surface area contributed by atoms with Crippen molar-refractivity contribution in [1.82, 2.24) is 4.98 Å². The van der Waals surface area contributed by atoms with Crippen LogP contribution >= 0.6 is 33.9 Å². The molecular weight excluding hydrogens is 333 g/mol. The first-order valence-corrected chi connectivity index (χ1v) is 6.81. The summed E-state index contributed by atoms with van der Waals surface area (Å²) in [6, 6.07) is 7.64. The normalized spacial score (nSPS) is 10.4. The summed E-state index contributed by atoms with van der Waals surface area (Å²) in [5.41, 5.74) is 1.63. The third-order valence-electron chi connectivity index (χ3n) is 2.15. The van der Waals surface area contributed by atoms with Crippen LogP contribution in [0.3, 0.4) is 0 Å². The monoisotopic (exact) mass is 343 g/mol. The van der Waals surface area contributed by atoms with Crippen molar-refractivity contribution in [2.24, 2.45) is 0 Å². The molecule has 0 aliphatic rings. The molecule has 0 fully saturated rings. The Morgan fingerprint density at radius 2 is 2.31 bits per heavy atom. The molecule has 4 heteroatoms. The van der Waals surface area contributed by atoms with E-state index in [1.54, 1.807) is 11.3 Å². The first-order chi connectivity index (χ1) is 7.65. The molecule has 0 bridgehead atoms. The molecule has 16 heavy (non-hydrogen) atoms. The lowest BCUT2D eigenvalue weighted by atomic mass is 10.1. The number of carbonyl (C=O) groups is 1. The number of hydrogen-bond acceptors (Lipinski definition) is 3. The lowest BCUT2D eigenvalue weighted by molar-refractivity contribution is 0.0992. The number of aromatic nitrogens is 1. The maximum Gasteiger partial charge on any atom is 0.168 e. The van der Waals surface area contributed by atoms with Gasteiger partial charge in [-0.25, -0.2) is 4.98 Å². The lowest BCUT2D eigenvalue weighted by Gasteiger charge is -1.99. The van der Waals surface area contributed by atoms with Crippen molar-refractivity contribution < 1.29 is 4.79 Å². The Morgan fingerprint density at radius 3 is 2.94 bits per heavy atom. The molecule has 0 N–H and O–H groups in total. The minimum absolute atomic E-state index is 0.129. The molecule has 82 valence electrons. The number of carbonyl (C=O) groups excluding carboxylic acids is 1. The number of rotatable bonds is 3. The Kier molecular flexibility index (Phi) is 3.70. The van der Waals surface area contributed by atoms with Gasteiger partial charge in [0.15, 0.2) is 5.78 Å². The number of ketones is 1. The molecule has 0 saturated heterocycles. The van der Waals surface area contributed by atoms with Crippen LogP contribution in [-0.2, 0) is 6.42 Å². The third-order valence-corrected chi connectivity index (χ3v) is 3.65. The number of aryl methyl sites for hydroxylation is 1. The molecular formula is C12H10INOS. The predicted molar refractivity (Wildman–Crippen MR) is 74.0 cm³/mol. The minimum atomic E-state index is 0.129. The Hall–Kier alpha value is -0.750. The first kappa shape index (κ1) is 11.7. The second-order valence-electron chi connectivity index (χ2n) is 3.47. The van der Waals surface area contributed by atoms with Crippen LogP contribution in [0.4, 0.5) is 0 Å². The Morgan fingerprint density at radius 1 is 1.50 bits per heavy atom. The van der Waals surface area contributed by atoms with Gasteiger partial charge in [-0.1, -0.05) is 12.1 Å². The Labute approximate surface area is 112 Å². The van der Waals surface area contributed by atoms with Gasteiger partial charge in [0.1, 0.15) is 0 Å². The van der Waals surface area contributed by atoms with Gasteiger partial charge in [-0.15, -0.1) is 11.3 Å². The van der Waals surface area contributed by atoms with Crippen molar-refractivity contribution in [1.29, 1.82) is 0 Å². The molecule has 1 aromatic heterocycles. The van der Waals surface area contributed by atoms with E-state index in [2.05, 4.69) is 27.6 Å².